The summed E-state index contributed by atoms with van der Waals surface area (Å²) < 4.78 is 5.39. The third kappa shape index (κ3) is 6.45. The normalized spacial score (nSPS) is 25.2. The number of carbonyl (C=O) groups is 4. The highest BCUT2D eigenvalue weighted by Gasteiger charge is 2.51. The van der Waals surface area contributed by atoms with Gasteiger partial charge in [-0.05, 0) is 55.5 Å². The van der Waals surface area contributed by atoms with E-state index in [0.29, 0.717) is 17.5 Å². The summed E-state index contributed by atoms with van der Waals surface area (Å²) >= 11 is 0. The summed E-state index contributed by atoms with van der Waals surface area (Å²) in [6.07, 6.45) is 11.7. The van der Waals surface area contributed by atoms with Crippen LogP contribution in [-0.4, -0.2) is 40.7 Å². The minimum absolute atomic E-state index is 0.00340. The second kappa shape index (κ2) is 13.2. The van der Waals surface area contributed by atoms with Crippen LogP contribution in [0.1, 0.15) is 103 Å². The summed E-state index contributed by atoms with van der Waals surface area (Å²) in [5.41, 5.74) is 1.77. The molecule has 2 aromatic rings. The van der Waals surface area contributed by atoms with Crippen molar-refractivity contribution in [2.45, 2.75) is 95.7 Å². The maximum absolute atomic E-state index is 13.8. The van der Waals surface area contributed by atoms with Gasteiger partial charge in [-0.3, -0.25) is 19.3 Å². The summed E-state index contributed by atoms with van der Waals surface area (Å²) in [5, 5.41) is 3.15. The predicted octanol–water partition coefficient (Wildman–Crippen LogP) is 5.82. The number of hydrogen-bond donors (Lipinski definition) is 1. The number of rotatable bonds is 6. The molecule has 2 aromatic carbocycles. The zero-order chi connectivity index (χ0) is 27.9. The van der Waals surface area contributed by atoms with Crippen molar-refractivity contribution in [3.8, 4) is 0 Å². The number of β-lactam (4-membered cyclic amide) rings is 1. The molecule has 3 fully saturated rings. The van der Waals surface area contributed by atoms with Crippen LogP contribution in [-0.2, 0) is 20.9 Å². The molecule has 7 heteroatoms. The average molecular weight is 545 g/mol. The van der Waals surface area contributed by atoms with E-state index in [1.165, 1.54) is 6.42 Å². The second-order valence-electron chi connectivity index (χ2n) is 11.5. The molecule has 40 heavy (non-hydrogen) atoms. The van der Waals surface area contributed by atoms with Gasteiger partial charge in [0.1, 0.15) is 6.61 Å². The summed E-state index contributed by atoms with van der Waals surface area (Å²) in [6.45, 7) is 0.112. The third-order valence-corrected chi connectivity index (χ3v) is 8.85. The van der Waals surface area contributed by atoms with Crippen LogP contribution in [0.4, 0.5) is 0 Å². The molecule has 1 N–H and O–H groups in total. The molecule has 5 rings (SSSR count). The fourth-order valence-electron chi connectivity index (χ4n) is 6.54. The maximum atomic E-state index is 13.8. The lowest BCUT2D eigenvalue weighted by Gasteiger charge is -2.48. The molecule has 0 spiro atoms. The van der Waals surface area contributed by atoms with E-state index >= 15 is 0 Å². The number of fused-ring (bicyclic) bond motifs is 1. The molecule has 2 aliphatic carbocycles. The minimum Gasteiger partial charge on any atom is -0.457 e. The van der Waals surface area contributed by atoms with Crippen molar-refractivity contribution >= 4 is 23.7 Å². The fourth-order valence-corrected chi connectivity index (χ4v) is 6.54. The molecule has 1 saturated heterocycles. The van der Waals surface area contributed by atoms with Gasteiger partial charge in [-0.1, -0.05) is 81.7 Å². The largest absolute Gasteiger partial charge is 0.457 e. The Labute approximate surface area is 236 Å². The van der Waals surface area contributed by atoms with Crippen LogP contribution in [0.2, 0.25) is 0 Å². The third-order valence-electron chi connectivity index (χ3n) is 8.85. The van der Waals surface area contributed by atoms with Gasteiger partial charge in [-0.25, -0.2) is 4.79 Å². The zero-order valence-electron chi connectivity index (χ0n) is 23.2. The van der Waals surface area contributed by atoms with Gasteiger partial charge < -0.3 is 10.1 Å². The monoisotopic (exact) mass is 544 g/mol. The van der Waals surface area contributed by atoms with Crippen molar-refractivity contribution in [1.29, 1.82) is 0 Å². The highest BCUT2D eigenvalue weighted by molar-refractivity contribution is 6.03. The molecule has 0 radical (unpaired) electrons. The van der Waals surface area contributed by atoms with Crippen LogP contribution < -0.4 is 5.32 Å². The number of nitrogens with one attached hydrogen (secondary N) is 1. The van der Waals surface area contributed by atoms with Crippen molar-refractivity contribution < 1.29 is 23.9 Å². The fraction of sp³-hybridized carbons (Fsp3) is 0.515. The number of hydrogen-bond acceptors (Lipinski definition) is 5. The van der Waals surface area contributed by atoms with Gasteiger partial charge in [-0.2, -0.15) is 0 Å². The molecule has 0 aromatic heterocycles. The standard InChI is InChI=1S/C33H40N2O5/c36-30(24-20-18-23(19-21-24)22-40-33(39)25-12-6-5-7-13-25)34-28-16-10-3-1-8-14-26(28)31(37)35-29-17-11-4-2-9-15-27(29)32(35)38/h5-7,12-13,18-21,26-29H,1-4,8-11,14-17,22H2,(H,34,36)/t26-,27-,28+,29+/m1/s1. The van der Waals surface area contributed by atoms with Crippen LogP contribution in [0, 0.1) is 11.8 Å². The summed E-state index contributed by atoms with van der Waals surface area (Å²) in [4.78, 5) is 53.9. The SMILES string of the molecule is O=C(N[C@H]1CCCCCC[C@H]1C(=O)N1C(=O)[C@@H]2CCCCCC[C@@H]21)c1ccc(COC(=O)c2ccccc2)cc1. The lowest BCUT2D eigenvalue weighted by atomic mass is 9.76. The van der Waals surface area contributed by atoms with E-state index < -0.39 is 5.97 Å². The Morgan fingerprint density at radius 1 is 0.750 bits per heavy atom. The Hall–Kier alpha value is -3.48. The molecule has 7 nitrogen and oxygen atoms in total. The van der Waals surface area contributed by atoms with E-state index in [9.17, 15) is 19.2 Å². The first-order valence-electron chi connectivity index (χ1n) is 15.0. The van der Waals surface area contributed by atoms with Gasteiger partial charge in [0.15, 0.2) is 0 Å². The zero-order valence-corrected chi connectivity index (χ0v) is 23.2. The molecule has 212 valence electrons. The molecule has 3 aliphatic rings. The number of likely N-dealkylation sites (tertiary alicyclic amines) is 1. The van der Waals surface area contributed by atoms with Crippen LogP contribution in [0.25, 0.3) is 0 Å². The first kappa shape index (κ1) is 28.1. The van der Waals surface area contributed by atoms with E-state index in [-0.39, 0.29) is 48.2 Å². The molecule has 3 amide bonds. The quantitative estimate of drug-likeness (QED) is 0.281. The van der Waals surface area contributed by atoms with E-state index in [0.717, 1.165) is 69.8 Å². The average Bonchev–Trinajstić information content (AvgIpc) is 2.95. The Morgan fingerprint density at radius 3 is 2.12 bits per heavy atom. The Kier molecular flexibility index (Phi) is 9.30. The van der Waals surface area contributed by atoms with E-state index in [1.54, 1.807) is 53.4 Å². The minimum atomic E-state index is -0.395. The van der Waals surface area contributed by atoms with E-state index in [1.807, 2.05) is 6.07 Å². The summed E-state index contributed by atoms with van der Waals surface area (Å²) in [7, 11) is 0. The van der Waals surface area contributed by atoms with Gasteiger partial charge in [0.05, 0.1) is 23.4 Å². The Bertz CT molecular complexity index is 1200. The predicted molar refractivity (Wildman–Crippen MR) is 151 cm³/mol. The van der Waals surface area contributed by atoms with E-state index in [2.05, 4.69) is 5.32 Å². The number of imide groups is 1. The molecule has 0 bridgehead atoms. The topological polar surface area (TPSA) is 92.8 Å². The Balaban J connectivity index is 1.22. The molecule has 0 unspecified atom stereocenters. The van der Waals surface area contributed by atoms with Crippen molar-refractivity contribution in [1.82, 2.24) is 10.2 Å². The van der Waals surface area contributed by atoms with Crippen LogP contribution >= 0.6 is 0 Å². The second-order valence-corrected chi connectivity index (χ2v) is 11.5. The van der Waals surface area contributed by atoms with Gasteiger partial charge in [0, 0.05) is 11.6 Å². The molecule has 4 atom stereocenters. The van der Waals surface area contributed by atoms with Crippen molar-refractivity contribution in [3.63, 3.8) is 0 Å². The number of amides is 3. The van der Waals surface area contributed by atoms with Crippen molar-refractivity contribution in [2.75, 3.05) is 0 Å². The van der Waals surface area contributed by atoms with Crippen LogP contribution in [0.15, 0.2) is 54.6 Å². The molecule has 2 saturated carbocycles. The van der Waals surface area contributed by atoms with Gasteiger partial charge in [0.2, 0.25) is 11.8 Å². The number of ether oxygens (including phenoxy) is 1. The van der Waals surface area contributed by atoms with Crippen LogP contribution in [0.3, 0.4) is 0 Å². The first-order chi connectivity index (χ1) is 19.5. The highest BCUT2D eigenvalue weighted by Crippen LogP contribution is 2.39. The first-order valence-corrected chi connectivity index (χ1v) is 15.0. The smallest absolute Gasteiger partial charge is 0.338 e. The van der Waals surface area contributed by atoms with Crippen LogP contribution in [0.5, 0.6) is 0 Å². The number of carbonyl (C=O) groups excluding carboxylic acids is 4. The van der Waals surface area contributed by atoms with Gasteiger partial charge in [-0.15, -0.1) is 0 Å². The molecular formula is C33H40N2O5. The number of esters is 1. The Morgan fingerprint density at radius 2 is 1.40 bits per heavy atom. The summed E-state index contributed by atoms with van der Waals surface area (Å²) in [5.74, 6) is -1.10. The van der Waals surface area contributed by atoms with Crippen molar-refractivity contribution in [3.05, 3.63) is 71.3 Å². The van der Waals surface area contributed by atoms with E-state index in [4.69, 9.17) is 4.74 Å². The van der Waals surface area contributed by atoms with Gasteiger partial charge in [0.25, 0.3) is 5.91 Å². The summed E-state index contributed by atoms with van der Waals surface area (Å²) in [6, 6.07) is 15.6. The molecule has 1 heterocycles. The van der Waals surface area contributed by atoms with Crippen molar-refractivity contribution in [2.24, 2.45) is 11.8 Å². The molecular weight excluding hydrogens is 504 g/mol. The number of nitrogens with zero attached hydrogens (tertiary/aromatic N) is 1. The lowest BCUT2D eigenvalue weighted by molar-refractivity contribution is -0.170. The van der Waals surface area contributed by atoms with Gasteiger partial charge >= 0.3 is 5.97 Å². The lowest BCUT2D eigenvalue weighted by Crippen LogP contribution is -2.65. The number of benzene rings is 2. The molecule has 1 aliphatic heterocycles. The maximum Gasteiger partial charge on any atom is 0.338 e. The highest BCUT2D eigenvalue weighted by atomic mass is 16.5.